The Kier molecular flexibility index (Phi) is 3.99. The molecule has 1 aromatic heterocycles. The van der Waals surface area contributed by atoms with Gasteiger partial charge in [-0.05, 0) is 13.0 Å². The van der Waals surface area contributed by atoms with Crippen molar-refractivity contribution in [1.29, 1.82) is 0 Å². The summed E-state index contributed by atoms with van der Waals surface area (Å²) in [5.74, 6) is 0.174. The van der Waals surface area contributed by atoms with E-state index in [0.29, 0.717) is 0 Å². The molecular formula is C7H11Cl2N3O2S. The molecule has 0 aliphatic rings. The first-order valence-corrected chi connectivity index (χ1v) is 6.64. The Labute approximate surface area is 98.2 Å². The molecule has 0 aromatic carbocycles. The van der Waals surface area contributed by atoms with Crippen LogP contribution in [-0.2, 0) is 10.0 Å². The molecule has 2 N–H and O–H groups in total. The van der Waals surface area contributed by atoms with E-state index in [4.69, 9.17) is 23.2 Å². The van der Waals surface area contributed by atoms with Crippen molar-refractivity contribution in [1.82, 2.24) is 14.9 Å². The third kappa shape index (κ3) is 3.07. The van der Waals surface area contributed by atoms with Gasteiger partial charge in [-0.25, -0.2) is 13.1 Å². The highest BCUT2D eigenvalue weighted by atomic mass is 35.5. The van der Waals surface area contributed by atoms with Gasteiger partial charge in [-0.1, -0.05) is 0 Å². The number of H-pyrrole nitrogens is 1. The lowest BCUT2D eigenvalue weighted by Gasteiger charge is -2.24. The van der Waals surface area contributed by atoms with Crippen LogP contribution in [0.3, 0.4) is 0 Å². The summed E-state index contributed by atoms with van der Waals surface area (Å²) in [6.07, 6.45) is 1.35. The van der Waals surface area contributed by atoms with E-state index in [0.717, 1.165) is 0 Å². The molecule has 0 fully saturated rings. The molecule has 0 radical (unpaired) electrons. The summed E-state index contributed by atoms with van der Waals surface area (Å²) < 4.78 is 25.9. The molecule has 15 heavy (non-hydrogen) atoms. The van der Waals surface area contributed by atoms with Crippen molar-refractivity contribution in [2.75, 3.05) is 11.8 Å². The number of alkyl halides is 2. The highest BCUT2D eigenvalue weighted by Crippen LogP contribution is 2.14. The first kappa shape index (κ1) is 12.8. The van der Waals surface area contributed by atoms with Gasteiger partial charge in [0.05, 0.1) is 11.7 Å². The number of hydrogen-bond donors (Lipinski definition) is 2. The van der Waals surface area contributed by atoms with E-state index in [2.05, 4.69) is 14.9 Å². The summed E-state index contributed by atoms with van der Waals surface area (Å²) >= 11 is 11.3. The Morgan fingerprint density at radius 2 is 2.13 bits per heavy atom. The van der Waals surface area contributed by atoms with Crippen LogP contribution in [0.25, 0.3) is 0 Å². The quantitative estimate of drug-likeness (QED) is 0.783. The van der Waals surface area contributed by atoms with Crippen LogP contribution in [0.4, 0.5) is 0 Å². The van der Waals surface area contributed by atoms with Gasteiger partial charge in [-0.15, -0.1) is 23.2 Å². The number of hydrogen-bond acceptors (Lipinski definition) is 3. The fraction of sp³-hybridized carbons (Fsp3) is 0.571. The van der Waals surface area contributed by atoms with Gasteiger partial charge in [-0.3, -0.25) is 5.10 Å². The van der Waals surface area contributed by atoms with Crippen LogP contribution in [0.2, 0.25) is 0 Å². The number of nitrogens with one attached hydrogen (secondary N) is 2. The monoisotopic (exact) mass is 271 g/mol. The van der Waals surface area contributed by atoms with Gasteiger partial charge in [0.2, 0.25) is 0 Å². The maximum absolute atomic E-state index is 11.7. The van der Waals surface area contributed by atoms with E-state index in [1.807, 2.05) is 0 Å². The molecule has 1 heterocycles. The van der Waals surface area contributed by atoms with Crippen molar-refractivity contribution in [3.05, 3.63) is 12.3 Å². The maximum Gasteiger partial charge on any atom is 0.258 e. The highest BCUT2D eigenvalue weighted by molar-refractivity contribution is 7.89. The molecule has 0 saturated heterocycles. The topological polar surface area (TPSA) is 74.8 Å². The number of aromatic amines is 1. The molecule has 1 rings (SSSR count). The van der Waals surface area contributed by atoms with Gasteiger partial charge in [-0.2, -0.15) is 5.10 Å². The molecule has 0 saturated carbocycles. The molecule has 0 spiro atoms. The Morgan fingerprint density at radius 3 is 2.53 bits per heavy atom. The molecular weight excluding hydrogens is 261 g/mol. The zero-order valence-corrected chi connectivity index (χ0v) is 10.3. The number of nitrogens with zero attached hydrogens (tertiary/aromatic N) is 1. The molecule has 0 unspecified atom stereocenters. The van der Waals surface area contributed by atoms with Crippen LogP contribution < -0.4 is 4.72 Å². The Hall–Kier alpha value is -0.300. The van der Waals surface area contributed by atoms with Crippen LogP contribution in [-0.4, -0.2) is 35.9 Å². The molecule has 5 nitrogen and oxygen atoms in total. The molecule has 8 heteroatoms. The second-order valence-corrected chi connectivity index (χ2v) is 5.54. The lowest BCUT2D eigenvalue weighted by atomic mass is 10.1. The highest BCUT2D eigenvalue weighted by Gasteiger charge is 2.29. The zero-order chi connectivity index (χ0) is 11.5. The Morgan fingerprint density at radius 1 is 1.53 bits per heavy atom. The van der Waals surface area contributed by atoms with Gasteiger partial charge in [0.15, 0.2) is 5.03 Å². The van der Waals surface area contributed by atoms with E-state index in [-0.39, 0.29) is 16.8 Å². The zero-order valence-electron chi connectivity index (χ0n) is 8.00. The van der Waals surface area contributed by atoms with E-state index < -0.39 is 15.6 Å². The minimum atomic E-state index is -3.64. The van der Waals surface area contributed by atoms with Crippen molar-refractivity contribution in [2.45, 2.75) is 17.5 Å². The molecule has 0 bridgehead atoms. The normalized spacial score (nSPS) is 13.0. The third-order valence-electron chi connectivity index (χ3n) is 1.74. The predicted molar refractivity (Wildman–Crippen MR) is 58.8 cm³/mol. The first-order chi connectivity index (χ1) is 6.93. The Balaban J connectivity index is 2.91. The van der Waals surface area contributed by atoms with Crippen LogP contribution in [0, 0.1) is 0 Å². The van der Waals surface area contributed by atoms with Gasteiger partial charge < -0.3 is 0 Å². The fourth-order valence-corrected chi connectivity index (χ4v) is 2.76. The van der Waals surface area contributed by atoms with Crippen molar-refractivity contribution >= 4 is 33.2 Å². The fourth-order valence-electron chi connectivity index (χ4n) is 0.862. The SMILES string of the molecule is CC(CCl)(CCl)NS(=O)(=O)c1ccn[nH]1. The summed E-state index contributed by atoms with van der Waals surface area (Å²) in [6, 6.07) is 1.35. The summed E-state index contributed by atoms with van der Waals surface area (Å²) in [4.78, 5) is 0. The summed E-state index contributed by atoms with van der Waals surface area (Å²) in [7, 11) is -3.64. The van der Waals surface area contributed by atoms with Crippen molar-refractivity contribution in [3.63, 3.8) is 0 Å². The minimum Gasteiger partial charge on any atom is -0.266 e. The standard InChI is InChI=1S/C7H11Cl2N3O2S/c1-7(4-8,5-9)12-15(13,14)6-2-3-10-11-6/h2-3,12H,4-5H2,1H3,(H,10,11). The smallest absolute Gasteiger partial charge is 0.258 e. The van der Waals surface area contributed by atoms with E-state index >= 15 is 0 Å². The second kappa shape index (κ2) is 4.69. The van der Waals surface area contributed by atoms with Crippen molar-refractivity contribution < 1.29 is 8.42 Å². The molecule has 0 aliphatic carbocycles. The molecule has 0 amide bonds. The van der Waals surface area contributed by atoms with E-state index in [1.165, 1.54) is 12.3 Å². The second-order valence-electron chi connectivity index (χ2n) is 3.35. The Bertz CT molecular complexity index is 400. The average molecular weight is 272 g/mol. The van der Waals surface area contributed by atoms with Crippen molar-refractivity contribution in [2.24, 2.45) is 0 Å². The number of halogens is 2. The number of sulfonamides is 1. The first-order valence-electron chi connectivity index (χ1n) is 4.09. The van der Waals surface area contributed by atoms with Crippen LogP contribution in [0.15, 0.2) is 17.3 Å². The minimum absolute atomic E-state index is 0.0102. The lowest BCUT2D eigenvalue weighted by molar-refractivity contribution is 0.498. The van der Waals surface area contributed by atoms with Crippen LogP contribution in [0.1, 0.15) is 6.92 Å². The van der Waals surface area contributed by atoms with Crippen LogP contribution in [0.5, 0.6) is 0 Å². The lowest BCUT2D eigenvalue weighted by Crippen LogP contribution is -2.49. The molecule has 0 atom stereocenters. The summed E-state index contributed by atoms with van der Waals surface area (Å²) in [5.41, 5.74) is -0.868. The van der Waals surface area contributed by atoms with Gasteiger partial charge in [0.1, 0.15) is 0 Å². The molecule has 0 aliphatic heterocycles. The van der Waals surface area contributed by atoms with Crippen molar-refractivity contribution in [3.8, 4) is 0 Å². The van der Waals surface area contributed by atoms with Gasteiger partial charge in [0, 0.05) is 11.8 Å². The maximum atomic E-state index is 11.7. The van der Waals surface area contributed by atoms with E-state index in [9.17, 15) is 8.42 Å². The molecule has 86 valence electrons. The summed E-state index contributed by atoms with van der Waals surface area (Å²) in [5, 5.41) is 5.91. The largest absolute Gasteiger partial charge is 0.266 e. The van der Waals surface area contributed by atoms with Gasteiger partial charge in [0.25, 0.3) is 10.0 Å². The summed E-state index contributed by atoms with van der Waals surface area (Å²) in [6.45, 7) is 1.63. The van der Waals surface area contributed by atoms with Crippen LogP contribution >= 0.6 is 23.2 Å². The predicted octanol–water partition coefficient (Wildman–Crippen LogP) is 0.924. The van der Waals surface area contributed by atoms with E-state index in [1.54, 1.807) is 6.92 Å². The third-order valence-corrected chi connectivity index (χ3v) is 4.48. The van der Waals surface area contributed by atoms with Gasteiger partial charge >= 0.3 is 0 Å². The average Bonchev–Trinajstić information content (AvgIpc) is 2.70. The molecule has 1 aromatic rings. The number of aromatic nitrogens is 2. The number of rotatable bonds is 5.